The average Bonchev–Trinajstić information content (AvgIpc) is 2.83. The van der Waals surface area contributed by atoms with Crippen molar-refractivity contribution in [2.24, 2.45) is 5.92 Å². The molecule has 32 heavy (non-hydrogen) atoms. The van der Waals surface area contributed by atoms with Crippen LogP contribution in [0.5, 0.6) is 5.75 Å². The van der Waals surface area contributed by atoms with Gasteiger partial charge in [0.05, 0.1) is 7.11 Å². The van der Waals surface area contributed by atoms with Crippen LogP contribution < -0.4 is 15.0 Å². The number of carbonyl (C=O) groups is 3. The zero-order chi connectivity index (χ0) is 22.5. The zero-order valence-corrected chi connectivity index (χ0v) is 18.3. The molecule has 166 valence electrons. The average molecular weight is 435 g/mol. The van der Waals surface area contributed by atoms with Crippen LogP contribution in [0.3, 0.4) is 0 Å². The van der Waals surface area contributed by atoms with Crippen molar-refractivity contribution in [3.8, 4) is 5.75 Å². The summed E-state index contributed by atoms with van der Waals surface area (Å²) in [6.07, 6.45) is 14.8. The molecule has 1 heterocycles. The first-order valence-electron chi connectivity index (χ1n) is 11.0. The molecule has 1 N–H and O–H groups in total. The van der Waals surface area contributed by atoms with Gasteiger partial charge in [-0.15, -0.1) is 4.90 Å². The maximum Gasteiger partial charge on any atom is 0.506 e. The summed E-state index contributed by atoms with van der Waals surface area (Å²) in [6.45, 7) is 0.407. The molecule has 1 aromatic rings. The number of hydrogen-bond acceptors (Lipinski definition) is 4. The minimum absolute atomic E-state index is 0.137. The largest absolute Gasteiger partial charge is 0.506 e. The highest BCUT2D eigenvalue weighted by atomic mass is 16.5. The molecule has 0 aromatic heterocycles. The Balaban J connectivity index is 1.52. The van der Waals surface area contributed by atoms with Crippen molar-refractivity contribution in [2.45, 2.75) is 32.1 Å². The van der Waals surface area contributed by atoms with Crippen LogP contribution in [0.2, 0.25) is 0 Å². The lowest BCUT2D eigenvalue weighted by atomic mass is 9.94. The van der Waals surface area contributed by atoms with Gasteiger partial charge < -0.3 is 10.1 Å². The number of fused-ring (bicyclic) bond motifs is 1. The van der Waals surface area contributed by atoms with Gasteiger partial charge in [0.15, 0.2) is 6.54 Å². The van der Waals surface area contributed by atoms with Crippen LogP contribution in [0.15, 0.2) is 60.2 Å². The number of imide groups is 1. The molecule has 4 rings (SSSR count). The van der Waals surface area contributed by atoms with Gasteiger partial charge >= 0.3 is 11.9 Å². The summed E-state index contributed by atoms with van der Waals surface area (Å²) in [7, 11) is 1.55. The summed E-state index contributed by atoms with van der Waals surface area (Å²) in [6, 6.07) is 6.19. The number of methoxy groups -OCH3 is 1. The maximum absolute atomic E-state index is 13.3. The van der Waals surface area contributed by atoms with E-state index in [4.69, 9.17) is 4.74 Å². The minimum atomic E-state index is -0.611. The van der Waals surface area contributed by atoms with Gasteiger partial charge in [-0.3, -0.25) is 4.79 Å². The SMILES string of the molecule is COc1ccc(N2C(=O)C3C=CC=CC3=[N+](CC(=O)NCCC3=CCCCC3)C2=O)cc1. The van der Waals surface area contributed by atoms with Crippen molar-refractivity contribution in [1.82, 2.24) is 5.32 Å². The van der Waals surface area contributed by atoms with Gasteiger partial charge in [-0.25, -0.2) is 4.79 Å². The molecule has 0 spiro atoms. The summed E-state index contributed by atoms with van der Waals surface area (Å²) in [5.74, 6) is -0.563. The number of rotatable bonds is 7. The highest BCUT2D eigenvalue weighted by Gasteiger charge is 2.48. The molecule has 1 atom stereocenters. The first-order valence-corrected chi connectivity index (χ1v) is 11.0. The lowest BCUT2D eigenvalue weighted by Gasteiger charge is -2.26. The molecule has 1 aliphatic heterocycles. The van der Waals surface area contributed by atoms with Gasteiger partial charge in [0.1, 0.15) is 23.1 Å². The number of anilines is 1. The number of nitrogens with one attached hydrogen (secondary N) is 1. The predicted octanol–water partition coefficient (Wildman–Crippen LogP) is 3.36. The highest BCUT2D eigenvalue weighted by molar-refractivity contribution is 6.26. The van der Waals surface area contributed by atoms with Crippen molar-refractivity contribution < 1.29 is 23.7 Å². The van der Waals surface area contributed by atoms with E-state index in [-0.39, 0.29) is 18.4 Å². The van der Waals surface area contributed by atoms with E-state index in [1.54, 1.807) is 55.7 Å². The molecule has 1 aromatic carbocycles. The van der Waals surface area contributed by atoms with E-state index in [1.165, 1.54) is 23.0 Å². The quantitative estimate of drug-likeness (QED) is 0.527. The Morgan fingerprint density at radius 3 is 2.72 bits per heavy atom. The van der Waals surface area contributed by atoms with Crippen LogP contribution in [0.1, 0.15) is 32.1 Å². The number of benzene rings is 1. The normalized spacial score (nSPS) is 20.2. The predicted molar refractivity (Wildman–Crippen MR) is 122 cm³/mol. The van der Waals surface area contributed by atoms with Crippen molar-refractivity contribution in [1.29, 1.82) is 0 Å². The monoisotopic (exact) mass is 434 g/mol. The van der Waals surface area contributed by atoms with Crippen molar-refractivity contribution >= 4 is 29.2 Å². The highest BCUT2D eigenvalue weighted by Crippen LogP contribution is 2.27. The zero-order valence-electron chi connectivity index (χ0n) is 18.3. The van der Waals surface area contributed by atoms with E-state index in [9.17, 15) is 14.4 Å². The van der Waals surface area contributed by atoms with Crippen molar-refractivity contribution in [3.05, 3.63) is 60.2 Å². The Morgan fingerprint density at radius 2 is 2.00 bits per heavy atom. The van der Waals surface area contributed by atoms with Crippen molar-refractivity contribution in [3.63, 3.8) is 0 Å². The van der Waals surface area contributed by atoms with Crippen LogP contribution in [-0.4, -0.2) is 48.3 Å². The van der Waals surface area contributed by atoms with Gasteiger partial charge in [-0.05, 0) is 62.4 Å². The molecule has 7 nitrogen and oxygen atoms in total. The van der Waals surface area contributed by atoms with E-state index in [1.807, 2.05) is 0 Å². The number of amides is 4. The number of carbonyl (C=O) groups excluding carboxylic acids is 3. The summed E-state index contributed by atoms with van der Waals surface area (Å²) < 4.78 is 6.57. The summed E-state index contributed by atoms with van der Waals surface area (Å²) >= 11 is 0. The third-order valence-electron chi connectivity index (χ3n) is 6.01. The number of urea groups is 1. The molecule has 0 saturated heterocycles. The molecule has 7 heteroatoms. The van der Waals surface area contributed by atoms with Gasteiger partial charge in [0.25, 0.3) is 5.91 Å². The first-order chi connectivity index (χ1) is 15.6. The number of nitrogens with zero attached hydrogens (tertiary/aromatic N) is 2. The molecule has 3 aliphatic rings. The Bertz CT molecular complexity index is 1030. The summed E-state index contributed by atoms with van der Waals surface area (Å²) in [4.78, 5) is 40.3. The Hall–Kier alpha value is -3.48. The topological polar surface area (TPSA) is 78.7 Å². The second kappa shape index (κ2) is 9.77. The van der Waals surface area contributed by atoms with Crippen LogP contribution in [-0.2, 0) is 9.59 Å². The second-order valence-electron chi connectivity index (χ2n) is 8.10. The van der Waals surface area contributed by atoms with E-state index in [0.717, 1.165) is 24.2 Å². The lowest BCUT2D eigenvalue weighted by molar-refractivity contribution is -0.417. The van der Waals surface area contributed by atoms with Gasteiger partial charge in [0.2, 0.25) is 0 Å². The van der Waals surface area contributed by atoms with E-state index in [0.29, 0.717) is 23.7 Å². The maximum atomic E-state index is 13.3. The summed E-state index contributed by atoms with van der Waals surface area (Å²) in [5, 5.41) is 2.93. The van der Waals surface area contributed by atoms with Crippen LogP contribution in [0.4, 0.5) is 10.5 Å². The number of allylic oxidation sites excluding steroid dienone is 4. The third-order valence-corrected chi connectivity index (χ3v) is 6.01. The third kappa shape index (κ3) is 4.56. The molecular formula is C25H28N3O4+. The molecule has 0 fully saturated rings. The van der Waals surface area contributed by atoms with Gasteiger partial charge in [-0.1, -0.05) is 29.9 Å². The van der Waals surface area contributed by atoms with Crippen molar-refractivity contribution in [2.75, 3.05) is 25.1 Å². The molecule has 0 bridgehead atoms. The molecular weight excluding hydrogens is 406 g/mol. The van der Waals surface area contributed by atoms with Crippen LogP contribution in [0, 0.1) is 5.92 Å². The molecule has 0 saturated carbocycles. The van der Waals surface area contributed by atoms with Gasteiger partial charge in [0, 0.05) is 6.54 Å². The number of hydrogen-bond donors (Lipinski definition) is 1. The van der Waals surface area contributed by atoms with E-state index in [2.05, 4.69) is 11.4 Å². The molecule has 4 amide bonds. The Morgan fingerprint density at radius 1 is 1.19 bits per heavy atom. The fourth-order valence-corrected chi connectivity index (χ4v) is 4.28. The minimum Gasteiger partial charge on any atom is -0.497 e. The molecule has 0 radical (unpaired) electrons. The standard InChI is InChI=1S/C25H27N3O4/c1-32-20-13-11-19(12-14-20)28-24(30)21-9-5-6-10-22(21)27(25(28)31)17-23(29)26-16-15-18-7-3-2-4-8-18/h5-7,9-14,21H,2-4,8,15-17H2,1H3/p+1. The smallest absolute Gasteiger partial charge is 0.497 e. The summed E-state index contributed by atoms with van der Waals surface area (Å²) in [5.41, 5.74) is 2.35. The first kappa shape index (κ1) is 21.7. The molecule has 1 unspecified atom stereocenters. The fraction of sp³-hybridized carbons (Fsp3) is 0.360. The van der Waals surface area contributed by atoms with Crippen LogP contribution in [0.25, 0.3) is 0 Å². The lowest BCUT2D eigenvalue weighted by Crippen LogP contribution is -2.56. The van der Waals surface area contributed by atoms with Gasteiger partial charge in [-0.2, -0.15) is 9.37 Å². The second-order valence-corrected chi connectivity index (χ2v) is 8.10. The van der Waals surface area contributed by atoms with Crippen LogP contribution >= 0.6 is 0 Å². The Labute approximate surface area is 187 Å². The fourth-order valence-electron chi connectivity index (χ4n) is 4.28. The molecule has 2 aliphatic carbocycles. The number of ether oxygens (including phenoxy) is 1. The van der Waals surface area contributed by atoms with E-state index >= 15 is 0 Å². The van der Waals surface area contributed by atoms with E-state index < -0.39 is 11.9 Å². The Kier molecular flexibility index (Phi) is 6.63.